The highest BCUT2D eigenvalue weighted by atomic mass is 127. The SMILES string of the molecule is COc1c(I)cc(I)cc1/C=N/NC(=O)C(c1ccccc1)c1ccccc1. The van der Waals surface area contributed by atoms with E-state index in [9.17, 15) is 4.79 Å². The summed E-state index contributed by atoms with van der Waals surface area (Å²) in [6.45, 7) is 0. The highest BCUT2D eigenvalue weighted by Gasteiger charge is 2.22. The van der Waals surface area contributed by atoms with Gasteiger partial charge in [0.25, 0.3) is 5.91 Å². The van der Waals surface area contributed by atoms with E-state index in [1.165, 1.54) is 0 Å². The molecule has 142 valence electrons. The molecule has 0 aliphatic rings. The fourth-order valence-electron chi connectivity index (χ4n) is 2.91. The van der Waals surface area contributed by atoms with Crippen molar-refractivity contribution in [1.29, 1.82) is 0 Å². The van der Waals surface area contributed by atoms with Gasteiger partial charge in [-0.3, -0.25) is 4.79 Å². The van der Waals surface area contributed by atoms with Crippen molar-refractivity contribution in [2.45, 2.75) is 5.92 Å². The van der Waals surface area contributed by atoms with E-state index in [1.54, 1.807) is 13.3 Å². The minimum absolute atomic E-state index is 0.187. The van der Waals surface area contributed by atoms with Gasteiger partial charge in [-0.25, -0.2) is 5.43 Å². The first-order chi connectivity index (χ1) is 13.6. The Labute approximate surface area is 191 Å². The number of hydrogen-bond acceptors (Lipinski definition) is 3. The first kappa shape index (κ1) is 20.8. The molecule has 0 radical (unpaired) electrons. The summed E-state index contributed by atoms with van der Waals surface area (Å²) in [5.41, 5.74) is 5.34. The summed E-state index contributed by atoms with van der Waals surface area (Å²) in [6.07, 6.45) is 1.62. The fourth-order valence-corrected chi connectivity index (χ4v) is 5.02. The van der Waals surface area contributed by atoms with Crippen LogP contribution in [-0.4, -0.2) is 19.2 Å². The highest BCUT2D eigenvalue weighted by Crippen LogP contribution is 2.27. The quantitative estimate of drug-likeness (QED) is 0.242. The number of methoxy groups -OCH3 is 1. The number of hydrogen-bond donors (Lipinski definition) is 1. The molecule has 6 heteroatoms. The van der Waals surface area contributed by atoms with E-state index in [2.05, 4.69) is 55.7 Å². The number of carbonyl (C=O) groups excluding carboxylic acids is 1. The van der Waals surface area contributed by atoms with E-state index in [-0.39, 0.29) is 5.91 Å². The molecule has 1 amide bonds. The fraction of sp³-hybridized carbons (Fsp3) is 0.0909. The Morgan fingerprint density at radius 2 is 1.57 bits per heavy atom. The molecule has 1 N–H and O–H groups in total. The molecule has 3 aromatic rings. The third-order valence-electron chi connectivity index (χ3n) is 4.15. The average Bonchev–Trinajstić information content (AvgIpc) is 2.69. The molecule has 0 aromatic heterocycles. The Balaban J connectivity index is 1.85. The Kier molecular flexibility index (Phi) is 7.43. The molecule has 0 heterocycles. The second-order valence-corrected chi connectivity index (χ2v) is 8.41. The van der Waals surface area contributed by atoms with Crippen molar-refractivity contribution in [2.75, 3.05) is 7.11 Å². The van der Waals surface area contributed by atoms with Gasteiger partial charge in [-0.15, -0.1) is 0 Å². The Morgan fingerprint density at radius 3 is 2.11 bits per heavy atom. The molecule has 3 aromatic carbocycles. The molecule has 0 spiro atoms. The van der Waals surface area contributed by atoms with Crippen molar-refractivity contribution >= 4 is 57.3 Å². The van der Waals surface area contributed by atoms with Crippen molar-refractivity contribution in [2.24, 2.45) is 5.10 Å². The van der Waals surface area contributed by atoms with Crippen molar-refractivity contribution in [3.05, 3.63) is 96.6 Å². The average molecular weight is 596 g/mol. The number of nitrogens with one attached hydrogen (secondary N) is 1. The van der Waals surface area contributed by atoms with Crippen LogP contribution in [0.3, 0.4) is 0 Å². The largest absolute Gasteiger partial charge is 0.495 e. The minimum Gasteiger partial charge on any atom is -0.495 e. The molecule has 0 aliphatic carbocycles. The van der Waals surface area contributed by atoms with Crippen LogP contribution in [0.4, 0.5) is 0 Å². The second kappa shape index (κ2) is 10.0. The number of halogens is 2. The van der Waals surface area contributed by atoms with Gasteiger partial charge in [-0.2, -0.15) is 5.10 Å². The maximum absolute atomic E-state index is 13.0. The Morgan fingerprint density at radius 1 is 1.00 bits per heavy atom. The Hall–Kier alpha value is -1.94. The molecule has 0 fully saturated rings. The molecule has 3 rings (SSSR count). The van der Waals surface area contributed by atoms with Gasteiger partial charge in [0.2, 0.25) is 0 Å². The zero-order valence-corrected chi connectivity index (χ0v) is 19.4. The monoisotopic (exact) mass is 596 g/mol. The van der Waals surface area contributed by atoms with E-state index in [0.717, 1.165) is 29.6 Å². The first-order valence-electron chi connectivity index (χ1n) is 8.56. The van der Waals surface area contributed by atoms with Gasteiger partial charge in [-0.05, 0) is 68.4 Å². The Bertz CT molecular complexity index is 937. The van der Waals surface area contributed by atoms with Crippen LogP contribution in [0.5, 0.6) is 5.75 Å². The number of carbonyl (C=O) groups is 1. The zero-order chi connectivity index (χ0) is 19.9. The van der Waals surface area contributed by atoms with Gasteiger partial charge in [0.1, 0.15) is 5.75 Å². The number of hydrazone groups is 1. The van der Waals surface area contributed by atoms with Crippen LogP contribution >= 0.6 is 45.2 Å². The molecular formula is C22H18I2N2O2. The zero-order valence-electron chi connectivity index (χ0n) is 15.1. The summed E-state index contributed by atoms with van der Waals surface area (Å²) < 4.78 is 7.52. The standard InChI is InChI=1S/C22H18I2N2O2/c1-28-21-17(12-18(23)13-19(21)24)14-25-26-22(27)20(15-8-4-2-5-9-15)16-10-6-3-7-11-16/h2-14,20H,1H3,(H,26,27)/b25-14+. The van der Waals surface area contributed by atoms with Gasteiger partial charge < -0.3 is 4.74 Å². The van der Waals surface area contributed by atoms with E-state index in [0.29, 0.717) is 0 Å². The summed E-state index contributed by atoms with van der Waals surface area (Å²) in [5, 5.41) is 4.19. The van der Waals surface area contributed by atoms with Gasteiger partial charge in [-0.1, -0.05) is 60.7 Å². The van der Waals surface area contributed by atoms with Crippen molar-refractivity contribution in [1.82, 2.24) is 5.43 Å². The van der Waals surface area contributed by atoms with Crippen molar-refractivity contribution in [3.63, 3.8) is 0 Å². The number of ether oxygens (including phenoxy) is 1. The predicted octanol–water partition coefficient (Wildman–Crippen LogP) is 5.19. The molecule has 0 saturated carbocycles. The van der Waals surface area contributed by atoms with Gasteiger partial charge >= 0.3 is 0 Å². The third kappa shape index (κ3) is 5.11. The van der Waals surface area contributed by atoms with E-state index in [4.69, 9.17) is 4.74 Å². The molecule has 0 atom stereocenters. The van der Waals surface area contributed by atoms with E-state index in [1.807, 2.05) is 72.8 Å². The van der Waals surface area contributed by atoms with Crippen molar-refractivity contribution in [3.8, 4) is 5.75 Å². The number of benzene rings is 3. The maximum atomic E-state index is 13.0. The summed E-state index contributed by atoms with van der Waals surface area (Å²) in [6, 6.07) is 23.4. The summed E-state index contributed by atoms with van der Waals surface area (Å²) in [5.74, 6) is 0.118. The van der Waals surface area contributed by atoms with Crippen LogP contribution in [0.25, 0.3) is 0 Å². The minimum atomic E-state index is -0.433. The molecule has 0 aliphatic heterocycles. The lowest BCUT2D eigenvalue weighted by Crippen LogP contribution is -2.26. The lowest BCUT2D eigenvalue weighted by Gasteiger charge is -2.16. The highest BCUT2D eigenvalue weighted by molar-refractivity contribution is 14.1. The smallest absolute Gasteiger partial charge is 0.252 e. The first-order valence-corrected chi connectivity index (χ1v) is 10.7. The van der Waals surface area contributed by atoms with Gasteiger partial charge in [0.05, 0.1) is 22.8 Å². The summed E-state index contributed by atoms with van der Waals surface area (Å²) >= 11 is 4.47. The number of rotatable bonds is 6. The lowest BCUT2D eigenvalue weighted by molar-refractivity contribution is -0.121. The van der Waals surface area contributed by atoms with Crippen LogP contribution in [0.2, 0.25) is 0 Å². The van der Waals surface area contributed by atoms with Crippen LogP contribution in [-0.2, 0) is 4.79 Å². The third-order valence-corrected chi connectivity index (χ3v) is 5.57. The molecule has 0 bridgehead atoms. The molecule has 0 saturated heterocycles. The topological polar surface area (TPSA) is 50.7 Å². The molecule has 28 heavy (non-hydrogen) atoms. The summed E-state index contributed by atoms with van der Waals surface area (Å²) in [4.78, 5) is 13.0. The molecule has 4 nitrogen and oxygen atoms in total. The van der Waals surface area contributed by atoms with Crippen LogP contribution in [0.1, 0.15) is 22.6 Å². The number of nitrogens with zero attached hydrogens (tertiary/aromatic N) is 1. The maximum Gasteiger partial charge on any atom is 0.252 e. The van der Waals surface area contributed by atoms with Gasteiger partial charge in [0, 0.05) is 9.13 Å². The number of amides is 1. The second-order valence-electron chi connectivity index (χ2n) is 6.00. The van der Waals surface area contributed by atoms with Crippen molar-refractivity contribution < 1.29 is 9.53 Å². The molecule has 0 unspecified atom stereocenters. The van der Waals surface area contributed by atoms with Crippen LogP contribution in [0, 0.1) is 7.14 Å². The summed E-state index contributed by atoms with van der Waals surface area (Å²) in [7, 11) is 1.63. The predicted molar refractivity (Wildman–Crippen MR) is 129 cm³/mol. The lowest BCUT2D eigenvalue weighted by atomic mass is 9.91. The van der Waals surface area contributed by atoms with E-state index >= 15 is 0 Å². The van der Waals surface area contributed by atoms with E-state index < -0.39 is 5.92 Å². The normalized spacial score (nSPS) is 11.0. The van der Waals surface area contributed by atoms with Crippen LogP contribution < -0.4 is 10.2 Å². The van der Waals surface area contributed by atoms with Crippen LogP contribution in [0.15, 0.2) is 77.9 Å². The van der Waals surface area contributed by atoms with Gasteiger partial charge in [0.15, 0.2) is 0 Å². The molecular weight excluding hydrogens is 578 g/mol.